The summed E-state index contributed by atoms with van der Waals surface area (Å²) in [5.74, 6) is 0.258. The van der Waals surface area contributed by atoms with Gasteiger partial charge in [-0.05, 0) is 24.0 Å². The number of aliphatic hydroxyl groups excluding tert-OH is 1. The molecule has 0 radical (unpaired) electrons. The molecule has 1 rings (SSSR count). The zero-order valence-electron chi connectivity index (χ0n) is 8.54. The van der Waals surface area contributed by atoms with E-state index in [4.69, 9.17) is 11.6 Å². The van der Waals surface area contributed by atoms with Crippen LogP contribution in [0.25, 0.3) is 0 Å². The number of benzene rings is 1. The molecule has 1 atom stereocenters. The van der Waals surface area contributed by atoms with Gasteiger partial charge in [0.05, 0.1) is 12.0 Å². The molecule has 14 heavy (non-hydrogen) atoms. The van der Waals surface area contributed by atoms with Gasteiger partial charge < -0.3 is 5.11 Å². The van der Waals surface area contributed by atoms with E-state index in [2.05, 4.69) is 19.1 Å². The van der Waals surface area contributed by atoms with Crippen LogP contribution in [0.15, 0.2) is 24.3 Å². The Bertz CT molecular complexity index is 256. The van der Waals surface area contributed by atoms with E-state index in [9.17, 15) is 5.11 Å². The number of aliphatic hydroxyl groups is 1. The smallest absolute Gasteiger partial charge is 0.0925 e. The second-order valence-electron chi connectivity index (χ2n) is 3.52. The third-order valence-electron chi connectivity index (χ3n) is 2.33. The predicted octanol–water partition coefficient (Wildman–Crippen LogP) is 3.30. The lowest BCUT2D eigenvalue weighted by Crippen LogP contribution is -1.98. The van der Waals surface area contributed by atoms with Gasteiger partial charge in [-0.3, -0.25) is 0 Å². The molecule has 0 aliphatic heterocycles. The van der Waals surface area contributed by atoms with Gasteiger partial charge >= 0.3 is 0 Å². The summed E-state index contributed by atoms with van der Waals surface area (Å²) in [4.78, 5) is 0. The molecule has 1 aromatic carbocycles. The van der Waals surface area contributed by atoms with Crippen molar-refractivity contribution in [2.24, 2.45) is 0 Å². The number of halogens is 1. The molecule has 0 saturated carbocycles. The molecule has 0 aliphatic carbocycles. The Balaban J connectivity index is 2.59. The highest BCUT2D eigenvalue weighted by molar-refractivity contribution is 6.18. The summed E-state index contributed by atoms with van der Waals surface area (Å²) in [6.07, 6.45) is 3.02. The number of unbranched alkanes of at least 4 members (excludes halogenated alkanes) is 1. The maximum Gasteiger partial charge on any atom is 0.0925 e. The Labute approximate surface area is 90.7 Å². The molecule has 1 N–H and O–H groups in total. The minimum Gasteiger partial charge on any atom is -0.387 e. The molecule has 0 amide bonds. The average Bonchev–Trinajstić information content (AvgIpc) is 2.26. The van der Waals surface area contributed by atoms with Crippen LogP contribution < -0.4 is 0 Å². The van der Waals surface area contributed by atoms with E-state index in [1.165, 1.54) is 18.4 Å². The van der Waals surface area contributed by atoms with Crippen molar-refractivity contribution in [1.82, 2.24) is 0 Å². The first kappa shape index (κ1) is 11.5. The second kappa shape index (κ2) is 6.05. The topological polar surface area (TPSA) is 20.2 Å². The first-order valence-corrected chi connectivity index (χ1v) is 5.64. The summed E-state index contributed by atoms with van der Waals surface area (Å²) in [5.41, 5.74) is 2.23. The molecule has 0 spiro atoms. The van der Waals surface area contributed by atoms with Gasteiger partial charge in [-0.2, -0.15) is 0 Å². The van der Waals surface area contributed by atoms with Crippen molar-refractivity contribution in [1.29, 1.82) is 0 Å². The van der Waals surface area contributed by atoms with Crippen LogP contribution in [0.4, 0.5) is 0 Å². The Morgan fingerprint density at radius 2 is 1.93 bits per heavy atom. The summed E-state index contributed by atoms with van der Waals surface area (Å²) < 4.78 is 0. The molecule has 0 heterocycles. The fourth-order valence-electron chi connectivity index (χ4n) is 1.38. The maximum absolute atomic E-state index is 9.46. The monoisotopic (exact) mass is 212 g/mol. The Hall–Kier alpha value is -0.530. The van der Waals surface area contributed by atoms with Crippen LogP contribution in [-0.4, -0.2) is 11.0 Å². The molecule has 78 valence electrons. The predicted molar refractivity (Wildman–Crippen MR) is 60.7 cm³/mol. The standard InChI is InChI=1S/C12H17ClO/c1-2-3-4-10-5-7-11(8-6-10)12(14)9-13/h5-8,12,14H,2-4,9H2,1H3/t12-/m1/s1. The second-order valence-corrected chi connectivity index (χ2v) is 3.82. The van der Waals surface area contributed by atoms with Crippen molar-refractivity contribution in [2.45, 2.75) is 32.3 Å². The van der Waals surface area contributed by atoms with Crippen molar-refractivity contribution >= 4 is 11.6 Å². The molecule has 0 bridgehead atoms. The van der Waals surface area contributed by atoms with Gasteiger partial charge in [-0.25, -0.2) is 0 Å². The number of hydrogen-bond donors (Lipinski definition) is 1. The minimum absolute atomic E-state index is 0.258. The quantitative estimate of drug-likeness (QED) is 0.743. The lowest BCUT2D eigenvalue weighted by Gasteiger charge is -2.07. The number of alkyl halides is 1. The zero-order valence-corrected chi connectivity index (χ0v) is 9.30. The van der Waals surface area contributed by atoms with Crippen LogP contribution in [0.2, 0.25) is 0 Å². The first-order valence-electron chi connectivity index (χ1n) is 5.10. The van der Waals surface area contributed by atoms with Crippen molar-refractivity contribution in [3.8, 4) is 0 Å². The Kier molecular flexibility index (Phi) is 4.99. The van der Waals surface area contributed by atoms with Gasteiger partial charge in [0.1, 0.15) is 0 Å². The van der Waals surface area contributed by atoms with Gasteiger partial charge in [0.2, 0.25) is 0 Å². The Morgan fingerprint density at radius 3 is 2.43 bits per heavy atom. The molecular formula is C12H17ClO. The molecule has 2 heteroatoms. The van der Waals surface area contributed by atoms with Crippen LogP contribution in [0, 0.1) is 0 Å². The average molecular weight is 213 g/mol. The summed E-state index contributed by atoms with van der Waals surface area (Å²) in [7, 11) is 0. The minimum atomic E-state index is -0.531. The summed E-state index contributed by atoms with van der Waals surface area (Å²) in [6, 6.07) is 8.05. The summed E-state index contributed by atoms with van der Waals surface area (Å²) in [5, 5.41) is 9.46. The van der Waals surface area contributed by atoms with Gasteiger partial charge in [0, 0.05) is 0 Å². The van der Waals surface area contributed by atoms with Crippen LogP contribution >= 0.6 is 11.6 Å². The van der Waals surface area contributed by atoms with Crippen molar-refractivity contribution < 1.29 is 5.11 Å². The van der Waals surface area contributed by atoms with Gasteiger partial charge in [-0.15, -0.1) is 11.6 Å². The fourth-order valence-corrected chi connectivity index (χ4v) is 1.55. The lowest BCUT2D eigenvalue weighted by atomic mass is 10.0. The molecule has 0 unspecified atom stereocenters. The maximum atomic E-state index is 9.46. The van der Waals surface area contributed by atoms with Gasteiger partial charge in [0.15, 0.2) is 0 Å². The van der Waals surface area contributed by atoms with Crippen LogP contribution in [-0.2, 0) is 6.42 Å². The van der Waals surface area contributed by atoms with Crippen molar-refractivity contribution in [3.63, 3.8) is 0 Å². The highest BCUT2D eigenvalue weighted by Crippen LogP contribution is 2.15. The van der Waals surface area contributed by atoms with E-state index >= 15 is 0 Å². The van der Waals surface area contributed by atoms with E-state index in [0.717, 1.165) is 12.0 Å². The van der Waals surface area contributed by atoms with Crippen molar-refractivity contribution in [3.05, 3.63) is 35.4 Å². The number of aryl methyl sites for hydroxylation is 1. The third-order valence-corrected chi connectivity index (χ3v) is 2.62. The number of hydrogen-bond acceptors (Lipinski definition) is 1. The highest BCUT2D eigenvalue weighted by Gasteiger charge is 2.04. The van der Waals surface area contributed by atoms with E-state index in [-0.39, 0.29) is 5.88 Å². The lowest BCUT2D eigenvalue weighted by molar-refractivity contribution is 0.202. The SMILES string of the molecule is CCCCc1ccc([C@H](O)CCl)cc1. The number of rotatable bonds is 5. The molecule has 1 nitrogen and oxygen atoms in total. The first-order chi connectivity index (χ1) is 6.77. The van der Waals surface area contributed by atoms with E-state index < -0.39 is 6.10 Å². The molecular weight excluding hydrogens is 196 g/mol. The molecule has 0 saturated heterocycles. The summed E-state index contributed by atoms with van der Waals surface area (Å²) in [6.45, 7) is 2.19. The van der Waals surface area contributed by atoms with E-state index in [0.29, 0.717) is 0 Å². The van der Waals surface area contributed by atoms with Crippen LogP contribution in [0.1, 0.15) is 37.0 Å². The third kappa shape index (κ3) is 3.32. The van der Waals surface area contributed by atoms with E-state index in [1.54, 1.807) is 0 Å². The molecule has 0 aromatic heterocycles. The molecule has 1 aromatic rings. The van der Waals surface area contributed by atoms with Crippen molar-refractivity contribution in [2.75, 3.05) is 5.88 Å². The fraction of sp³-hybridized carbons (Fsp3) is 0.500. The van der Waals surface area contributed by atoms with Gasteiger partial charge in [-0.1, -0.05) is 37.6 Å². The molecule has 0 aliphatic rings. The highest BCUT2D eigenvalue weighted by atomic mass is 35.5. The largest absolute Gasteiger partial charge is 0.387 e. The van der Waals surface area contributed by atoms with Crippen LogP contribution in [0.3, 0.4) is 0 Å². The van der Waals surface area contributed by atoms with Crippen LogP contribution in [0.5, 0.6) is 0 Å². The van der Waals surface area contributed by atoms with E-state index in [1.807, 2.05) is 12.1 Å². The zero-order chi connectivity index (χ0) is 10.4. The normalized spacial score (nSPS) is 12.8. The molecule has 0 fully saturated rings. The van der Waals surface area contributed by atoms with Gasteiger partial charge in [0.25, 0.3) is 0 Å². The summed E-state index contributed by atoms with van der Waals surface area (Å²) >= 11 is 5.56. The Morgan fingerprint density at radius 1 is 1.29 bits per heavy atom.